The van der Waals surface area contributed by atoms with Gasteiger partial charge in [-0.2, -0.15) is 4.98 Å². The van der Waals surface area contributed by atoms with Crippen LogP contribution in [0, 0.1) is 6.92 Å². The van der Waals surface area contributed by atoms with E-state index in [0.29, 0.717) is 30.7 Å². The lowest BCUT2D eigenvalue weighted by Gasteiger charge is -2.27. The van der Waals surface area contributed by atoms with Crippen LogP contribution < -0.4 is 10.6 Å². The fourth-order valence-electron chi connectivity index (χ4n) is 3.09. The Balaban J connectivity index is 0.00000243. The van der Waals surface area contributed by atoms with Crippen LogP contribution in [0.1, 0.15) is 35.5 Å². The van der Waals surface area contributed by atoms with Crippen molar-refractivity contribution in [3.8, 4) is 0 Å². The molecule has 0 saturated carbocycles. The fourth-order valence-corrected chi connectivity index (χ4v) is 3.95. The second-order valence-electron chi connectivity index (χ2n) is 6.14. The highest BCUT2D eigenvalue weighted by Crippen LogP contribution is 2.27. The normalized spacial score (nSPS) is 16.3. The molecule has 0 aliphatic carbocycles. The number of hydrogen-bond donors (Lipinski definition) is 2. The highest BCUT2D eigenvalue weighted by atomic mass is 127. The average Bonchev–Trinajstić information content (AvgIpc) is 3.37. The SMILES string of the molecule is CN=C(NCCc1nc(C)no1)NCC(c1cccs1)N1CCCC1.I. The molecule has 3 rings (SSSR count). The minimum atomic E-state index is 0. The summed E-state index contributed by atoms with van der Waals surface area (Å²) in [6, 6.07) is 4.76. The molecule has 1 atom stereocenters. The van der Waals surface area contributed by atoms with Crippen LogP contribution in [0.15, 0.2) is 27.0 Å². The van der Waals surface area contributed by atoms with Crippen LogP contribution in [0.4, 0.5) is 0 Å². The lowest BCUT2D eigenvalue weighted by molar-refractivity contribution is 0.249. The summed E-state index contributed by atoms with van der Waals surface area (Å²) in [6.07, 6.45) is 3.26. The van der Waals surface area contributed by atoms with Crippen molar-refractivity contribution in [1.82, 2.24) is 25.7 Å². The van der Waals surface area contributed by atoms with Crippen LogP contribution in [-0.4, -0.2) is 54.2 Å². The molecule has 1 fully saturated rings. The van der Waals surface area contributed by atoms with Gasteiger partial charge in [-0.05, 0) is 44.3 Å². The van der Waals surface area contributed by atoms with E-state index < -0.39 is 0 Å². The number of aromatic nitrogens is 2. The Morgan fingerprint density at radius 3 is 2.81 bits per heavy atom. The average molecular weight is 490 g/mol. The third kappa shape index (κ3) is 5.92. The number of guanidine groups is 1. The van der Waals surface area contributed by atoms with Crippen LogP contribution >= 0.6 is 35.3 Å². The Morgan fingerprint density at radius 2 is 2.19 bits per heavy atom. The second-order valence-corrected chi connectivity index (χ2v) is 7.12. The summed E-state index contributed by atoms with van der Waals surface area (Å²) in [5.74, 6) is 2.12. The maximum Gasteiger partial charge on any atom is 0.228 e. The maximum absolute atomic E-state index is 5.13. The first kappa shape index (κ1) is 21.1. The van der Waals surface area contributed by atoms with E-state index in [4.69, 9.17) is 4.52 Å². The van der Waals surface area contributed by atoms with E-state index in [9.17, 15) is 0 Å². The van der Waals surface area contributed by atoms with Crippen molar-refractivity contribution in [1.29, 1.82) is 0 Å². The Kier molecular flexibility index (Phi) is 8.79. The molecule has 0 aromatic carbocycles. The molecule has 2 N–H and O–H groups in total. The number of aliphatic imine (C=N–C) groups is 1. The summed E-state index contributed by atoms with van der Waals surface area (Å²) < 4.78 is 5.13. The van der Waals surface area contributed by atoms with E-state index in [2.05, 4.69) is 48.2 Å². The fraction of sp³-hybridized carbons (Fsp3) is 0.588. The highest BCUT2D eigenvalue weighted by molar-refractivity contribution is 14.0. The van der Waals surface area contributed by atoms with Gasteiger partial charge in [0.25, 0.3) is 0 Å². The van der Waals surface area contributed by atoms with Crippen molar-refractivity contribution in [2.24, 2.45) is 4.99 Å². The van der Waals surface area contributed by atoms with Gasteiger partial charge in [0.2, 0.25) is 5.89 Å². The molecule has 26 heavy (non-hydrogen) atoms. The van der Waals surface area contributed by atoms with Gasteiger partial charge in [-0.1, -0.05) is 11.2 Å². The number of likely N-dealkylation sites (tertiary alicyclic amines) is 1. The predicted molar refractivity (Wildman–Crippen MR) is 115 cm³/mol. The van der Waals surface area contributed by atoms with Gasteiger partial charge in [0.15, 0.2) is 11.8 Å². The zero-order chi connectivity index (χ0) is 17.5. The number of rotatable bonds is 7. The molecule has 3 heterocycles. The smallest absolute Gasteiger partial charge is 0.228 e. The monoisotopic (exact) mass is 490 g/mol. The molecule has 9 heteroatoms. The standard InChI is InChI=1S/C17H26N6OS.HI/c1-13-21-16(24-22-13)7-8-19-17(18-2)20-12-14(15-6-5-11-25-15)23-9-3-4-10-23;/h5-6,11,14H,3-4,7-10,12H2,1-2H3,(H2,18,19,20);1H. The molecule has 1 unspecified atom stereocenters. The summed E-state index contributed by atoms with van der Waals surface area (Å²) in [4.78, 5) is 12.5. The van der Waals surface area contributed by atoms with E-state index >= 15 is 0 Å². The number of aryl methyl sites for hydroxylation is 1. The van der Waals surface area contributed by atoms with Gasteiger partial charge in [0.05, 0.1) is 6.04 Å². The molecular formula is C17H27IN6OS. The topological polar surface area (TPSA) is 78.6 Å². The van der Waals surface area contributed by atoms with Crippen LogP contribution in [0.3, 0.4) is 0 Å². The number of halogens is 1. The summed E-state index contributed by atoms with van der Waals surface area (Å²) in [7, 11) is 1.79. The quantitative estimate of drug-likeness (QED) is 0.353. The van der Waals surface area contributed by atoms with Crippen LogP contribution in [0.2, 0.25) is 0 Å². The van der Waals surface area contributed by atoms with E-state index in [-0.39, 0.29) is 24.0 Å². The molecule has 7 nitrogen and oxygen atoms in total. The Morgan fingerprint density at radius 1 is 1.38 bits per heavy atom. The molecule has 0 amide bonds. The number of nitrogens with one attached hydrogen (secondary N) is 2. The summed E-state index contributed by atoms with van der Waals surface area (Å²) in [5.41, 5.74) is 0. The van der Waals surface area contributed by atoms with Gasteiger partial charge in [-0.15, -0.1) is 35.3 Å². The van der Waals surface area contributed by atoms with Gasteiger partial charge in [0.1, 0.15) is 0 Å². The Bertz CT molecular complexity index is 669. The van der Waals surface area contributed by atoms with Crippen LogP contribution in [0.5, 0.6) is 0 Å². The van der Waals surface area contributed by atoms with E-state index in [1.54, 1.807) is 7.05 Å². The molecule has 0 bridgehead atoms. The zero-order valence-electron chi connectivity index (χ0n) is 15.3. The lowest BCUT2D eigenvalue weighted by atomic mass is 10.2. The molecular weight excluding hydrogens is 463 g/mol. The Labute approximate surface area is 175 Å². The van der Waals surface area contributed by atoms with Gasteiger partial charge in [-0.25, -0.2) is 0 Å². The third-order valence-electron chi connectivity index (χ3n) is 4.34. The van der Waals surface area contributed by atoms with Crippen molar-refractivity contribution in [2.45, 2.75) is 32.2 Å². The zero-order valence-corrected chi connectivity index (χ0v) is 18.4. The molecule has 1 aliphatic rings. The maximum atomic E-state index is 5.13. The van der Waals surface area contributed by atoms with Crippen LogP contribution in [-0.2, 0) is 6.42 Å². The number of nitrogens with zero attached hydrogens (tertiary/aromatic N) is 4. The minimum Gasteiger partial charge on any atom is -0.356 e. The molecule has 1 saturated heterocycles. The minimum absolute atomic E-state index is 0. The number of thiophene rings is 1. The molecule has 144 valence electrons. The van der Waals surface area contributed by atoms with Crippen molar-refractivity contribution >= 4 is 41.3 Å². The predicted octanol–water partition coefficient (Wildman–Crippen LogP) is 2.60. The molecule has 2 aromatic heterocycles. The van der Waals surface area contributed by atoms with Crippen LogP contribution in [0.25, 0.3) is 0 Å². The molecule has 0 radical (unpaired) electrons. The van der Waals surface area contributed by atoms with Gasteiger partial charge in [-0.3, -0.25) is 9.89 Å². The van der Waals surface area contributed by atoms with Gasteiger partial charge in [0, 0.05) is 31.4 Å². The summed E-state index contributed by atoms with van der Waals surface area (Å²) >= 11 is 1.83. The largest absolute Gasteiger partial charge is 0.356 e. The first-order valence-electron chi connectivity index (χ1n) is 8.77. The molecule has 1 aliphatic heterocycles. The Hall–Kier alpha value is -1.20. The first-order chi connectivity index (χ1) is 12.3. The van der Waals surface area contributed by atoms with E-state index in [0.717, 1.165) is 12.5 Å². The van der Waals surface area contributed by atoms with Crippen molar-refractivity contribution in [3.63, 3.8) is 0 Å². The lowest BCUT2D eigenvalue weighted by Crippen LogP contribution is -2.43. The van der Waals surface area contributed by atoms with Crippen molar-refractivity contribution in [3.05, 3.63) is 34.1 Å². The molecule has 0 spiro atoms. The van der Waals surface area contributed by atoms with Gasteiger partial charge < -0.3 is 15.2 Å². The third-order valence-corrected chi connectivity index (χ3v) is 5.31. The van der Waals surface area contributed by atoms with Crippen molar-refractivity contribution in [2.75, 3.05) is 33.2 Å². The highest BCUT2D eigenvalue weighted by Gasteiger charge is 2.24. The first-order valence-corrected chi connectivity index (χ1v) is 9.65. The second kappa shape index (κ2) is 10.8. The summed E-state index contributed by atoms with van der Waals surface area (Å²) in [5, 5.41) is 12.7. The van der Waals surface area contributed by atoms with Crippen molar-refractivity contribution < 1.29 is 4.52 Å². The summed E-state index contributed by atoms with van der Waals surface area (Å²) in [6.45, 7) is 5.72. The van der Waals surface area contributed by atoms with E-state index in [1.165, 1.54) is 30.8 Å². The number of hydrogen-bond acceptors (Lipinski definition) is 6. The molecule has 2 aromatic rings. The van der Waals surface area contributed by atoms with E-state index in [1.807, 2.05) is 18.3 Å². The van der Waals surface area contributed by atoms with Gasteiger partial charge >= 0.3 is 0 Å².